The van der Waals surface area contributed by atoms with E-state index >= 15 is 0 Å². The minimum Gasteiger partial charge on any atom is -0.411 e. The van der Waals surface area contributed by atoms with Crippen molar-refractivity contribution >= 4 is 17.4 Å². The molecular weight excluding hydrogens is 422 g/mol. The van der Waals surface area contributed by atoms with E-state index < -0.39 is 22.1 Å². The van der Waals surface area contributed by atoms with Crippen LogP contribution in [0.4, 0.5) is 5.95 Å². The fourth-order valence-corrected chi connectivity index (χ4v) is 2.39. The second-order valence-corrected chi connectivity index (χ2v) is 8.45. The number of nitrogens with one attached hydrogen (secondary N) is 2. The normalized spacial score (nSPS) is 14.6. The Morgan fingerprint density at radius 1 is 1.25 bits per heavy atom. The lowest BCUT2D eigenvalue weighted by Gasteiger charge is -2.31. The van der Waals surface area contributed by atoms with Gasteiger partial charge in [-0.25, -0.2) is 4.57 Å². The summed E-state index contributed by atoms with van der Waals surface area (Å²) in [6.45, 7) is 12.1. The molecule has 13 nitrogen and oxygen atoms in total. The van der Waals surface area contributed by atoms with Crippen molar-refractivity contribution in [2.24, 2.45) is 10.3 Å². The highest BCUT2D eigenvalue weighted by molar-refractivity contribution is 5.90. The van der Waals surface area contributed by atoms with Crippen molar-refractivity contribution in [2.75, 3.05) is 19.8 Å². The number of imidazole rings is 1. The number of nitro groups is 1. The van der Waals surface area contributed by atoms with Gasteiger partial charge in [0.05, 0.1) is 35.7 Å². The van der Waals surface area contributed by atoms with Gasteiger partial charge in [-0.15, -0.1) is 0 Å². The van der Waals surface area contributed by atoms with Crippen LogP contribution >= 0.6 is 0 Å². The van der Waals surface area contributed by atoms with Crippen LogP contribution in [-0.4, -0.2) is 73.3 Å². The molecule has 0 saturated heterocycles. The third-order valence-electron chi connectivity index (χ3n) is 5.21. The van der Waals surface area contributed by atoms with Crippen molar-refractivity contribution in [3.63, 3.8) is 0 Å². The van der Waals surface area contributed by atoms with E-state index in [4.69, 9.17) is 20.0 Å². The molecule has 0 fully saturated rings. The number of hydrogen-bond donors (Lipinski definition) is 4. The maximum absolute atomic E-state index is 10.9. The van der Waals surface area contributed by atoms with Crippen LogP contribution in [0.3, 0.4) is 0 Å². The van der Waals surface area contributed by atoms with Gasteiger partial charge < -0.3 is 30.6 Å². The highest BCUT2D eigenvalue weighted by Crippen LogP contribution is 2.10. The number of oxime groups is 2. The molecule has 4 N–H and O–H groups in total. The molecule has 182 valence electrons. The maximum atomic E-state index is 10.9. The van der Waals surface area contributed by atoms with Crippen LogP contribution in [0.2, 0.25) is 0 Å². The van der Waals surface area contributed by atoms with E-state index in [0.29, 0.717) is 37.5 Å². The maximum Gasteiger partial charge on any atom is 0.434 e. The number of ether oxygens (including phenoxy) is 1. The Balaban J connectivity index is 2.63. The molecule has 0 saturated carbocycles. The lowest BCUT2D eigenvalue weighted by atomic mass is 9.99. The van der Waals surface area contributed by atoms with Crippen LogP contribution in [0.25, 0.3) is 0 Å². The average molecular weight is 458 g/mol. The highest BCUT2D eigenvalue weighted by Gasteiger charge is 2.27. The van der Waals surface area contributed by atoms with Crippen molar-refractivity contribution in [2.45, 2.75) is 71.7 Å². The third-order valence-corrected chi connectivity index (χ3v) is 5.21. The Kier molecular flexibility index (Phi) is 10.7. The largest absolute Gasteiger partial charge is 0.434 e. The van der Waals surface area contributed by atoms with Crippen molar-refractivity contribution in [1.29, 1.82) is 0 Å². The molecule has 0 aliphatic rings. The SMILES string of the molecule is CC(=NO)C(C)(C)NCC(COCCCn1ccnc1[N+](=O)[O-])ONC(C)(C)C(C)=NO. The van der Waals surface area contributed by atoms with Crippen LogP contribution in [0.15, 0.2) is 22.7 Å². The van der Waals surface area contributed by atoms with Gasteiger partial charge in [0.15, 0.2) is 0 Å². The van der Waals surface area contributed by atoms with Gasteiger partial charge >= 0.3 is 5.95 Å². The summed E-state index contributed by atoms with van der Waals surface area (Å²) in [6, 6.07) is 0. The number of aryl methyl sites for hydroxylation is 1. The Hall–Kier alpha value is -2.61. The number of nitrogens with zero attached hydrogens (tertiary/aromatic N) is 5. The summed E-state index contributed by atoms with van der Waals surface area (Å²) in [5.74, 6) is -0.203. The van der Waals surface area contributed by atoms with Crippen molar-refractivity contribution < 1.29 is 24.9 Å². The summed E-state index contributed by atoms with van der Waals surface area (Å²) in [6.07, 6.45) is 3.06. The van der Waals surface area contributed by atoms with E-state index in [9.17, 15) is 10.1 Å². The second kappa shape index (κ2) is 12.4. The minimum atomic E-state index is -0.717. The molecule has 13 heteroatoms. The van der Waals surface area contributed by atoms with Gasteiger partial charge in [0.2, 0.25) is 0 Å². The molecule has 0 aliphatic carbocycles. The first-order valence-electron chi connectivity index (χ1n) is 10.2. The molecule has 0 aromatic carbocycles. The zero-order chi connectivity index (χ0) is 24.4. The van der Waals surface area contributed by atoms with Gasteiger partial charge in [-0.3, -0.25) is 4.84 Å². The van der Waals surface area contributed by atoms with Crippen molar-refractivity contribution in [3.05, 3.63) is 22.5 Å². The summed E-state index contributed by atoms with van der Waals surface area (Å²) in [5, 5.41) is 38.8. The number of rotatable bonds is 15. The Labute approximate surface area is 187 Å². The molecule has 0 radical (unpaired) electrons. The Morgan fingerprint density at radius 3 is 2.47 bits per heavy atom. The minimum absolute atomic E-state index is 0.203. The second-order valence-electron chi connectivity index (χ2n) is 8.45. The molecule has 1 aromatic heterocycles. The molecule has 1 unspecified atom stereocenters. The van der Waals surface area contributed by atoms with Crippen LogP contribution in [-0.2, 0) is 16.1 Å². The van der Waals surface area contributed by atoms with Gasteiger partial charge in [-0.1, -0.05) is 15.3 Å². The number of hydroxylamine groups is 1. The molecular formula is C19H35N7O6. The Morgan fingerprint density at radius 2 is 1.88 bits per heavy atom. The topological polar surface area (TPSA) is 169 Å². The summed E-state index contributed by atoms with van der Waals surface area (Å²) in [7, 11) is 0. The number of hydrogen-bond acceptors (Lipinski definition) is 11. The fraction of sp³-hybridized carbons (Fsp3) is 0.737. The summed E-state index contributed by atoms with van der Waals surface area (Å²) < 4.78 is 7.19. The van der Waals surface area contributed by atoms with E-state index in [-0.39, 0.29) is 12.6 Å². The van der Waals surface area contributed by atoms with E-state index in [0.717, 1.165) is 0 Å². The standard InChI is InChI=1S/C19H35N7O6/c1-14(22-27)18(3,4)21-12-16(32-24-19(5,6)15(2)23-28)13-31-11-7-9-25-10-8-20-17(25)26(29)30/h8,10,16,21,24,27-28H,7,9,11-13H2,1-6H3. The van der Waals surface area contributed by atoms with Crippen LogP contribution in [0.1, 0.15) is 48.0 Å². The predicted octanol–water partition coefficient (Wildman–Crippen LogP) is 1.93. The molecule has 0 spiro atoms. The van der Waals surface area contributed by atoms with Gasteiger partial charge in [-0.05, 0) is 46.5 Å². The molecule has 0 amide bonds. The first-order chi connectivity index (χ1) is 14.9. The van der Waals surface area contributed by atoms with Gasteiger partial charge in [0.1, 0.15) is 18.5 Å². The van der Waals surface area contributed by atoms with E-state index in [1.165, 1.54) is 10.8 Å². The zero-order valence-corrected chi connectivity index (χ0v) is 19.5. The van der Waals surface area contributed by atoms with Crippen LogP contribution in [0.5, 0.6) is 0 Å². The van der Waals surface area contributed by atoms with Crippen molar-refractivity contribution in [3.8, 4) is 0 Å². The molecule has 0 bridgehead atoms. The summed E-state index contributed by atoms with van der Waals surface area (Å²) in [5.41, 5.74) is 2.55. The molecule has 32 heavy (non-hydrogen) atoms. The van der Waals surface area contributed by atoms with Gasteiger partial charge in [0, 0.05) is 19.6 Å². The predicted molar refractivity (Wildman–Crippen MR) is 118 cm³/mol. The molecule has 1 aromatic rings. The molecule has 0 aliphatic heterocycles. The Bertz CT molecular complexity index is 757. The molecule has 1 rings (SSSR count). The third kappa shape index (κ3) is 8.49. The van der Waals surface area contributed by atoms with Crippen LogP contribution in [0, 0.1) is 10.1 Å². The smallest absolute Gasteiger partial charge is 0.411 e. The first-order valence-corrected chi connectivity index (χ1v) is 10.2. The summed E-state index contributed by atoms with van der Waals surface area (Å²) >= 11 is 0. The monoisotopic (exact) mass is 457 g/mol. The molecule has 1 atom stereocenters. The quantitative estimate of drug-likeness (QED) is 0.101. The lowest BCUT2D eigenvalue weighted by molar-refractivity contribution is -0.396. The van der Waals surface area contributed by atoms with E-state index in [1.54, 1.807) is 33.9 Å². The van der Waals surface area contributed by atoms with E-state index in [1.807, 2.05) is 13.8 Å². The lowest BCUT2D eigenvalue weighted by Crippen LogP contribution is -2.53. The van der Waals surface area contributed by atoms with Crippen molar-refractivity contribution in [1.82, 2.24) is 20.3 Å². The highest BCUT2D eigenvalue weighted by atomic mass is 16.7. The summed E-state index contributed by atoms with van der Waals surface area (Å²) in [4.78, 5) is 19.9. The first kappa shape index (κ1) is 27.4. The van der Waals surface area contributed by atoms with Gasteiger partial charge in [-0.2, -0.15) is 5.48 Å². The zero-order valence-electron chi connectivity index (χ0n) is 19.5. The van der Waals surface area contributed by atoms with Gasteiger partial charge in [0.25, 0.3) is 0 Å². The average Bonchev–Trinajstić information content (AvgIpc) is 3.22. The van der Waals surface area contributed by atoms with Crippen LogP contribution < -0.4 is 10.8 Å². The fourth-order valence-electron chi connectivity index (χ4n) is 2.39. The number of aromatic nitrogens is 2. The van der Waals surface area contributed by atoms with E-state index in [2.05, 4.69) is 26.1 Å². The molecule has 1 heterocycles.